The first kappa shape index (κ1) is 22.1. The van der Waals surface area contributed by atoms with Gasteiger partial charge >= 0.3 is 0 Å². The lowest BCUT2D eigenvalue weighted by Gasteiger charge is -2.40. The highest BCUT2D eigenvalue weighted by Gasteiger charge is 2.31. The first-order valence-corrected chi connectivity index (χ1v) is 13.0. The number of nitrogens with zero attached hydrogens (tertiary/aromatic N) is 4. The standard InChI is InChI=1S/C27H33N5S/c1-3-4-14-24-30-25-26(28-22-12-8-9-13-23(22)29-27(25)33-24)32-18-17-31(2)21(19-32)16-15-20-10-6-5-7-11-20/h5-13,21,29H,3-4,14-19H2,1-2H3/t21-/m0/s1. The van der Waals surface area contributed by atoms with Crippen molar-refractivity contribution >= 4 is 33.5 Å². The smallest absolute Gasteiger partial charge is 0.158 e. The van der Waals surface area contributed by atoms with Crippen molar-refractivity contribution in [1.29, 1.82) is 0 Å². The van der Waals surface area contributed by atoms with Gasteiger partial charge in [0.05, 0.1) is 16.4 Å². The van der Waals surface area contributed by atoms with E-state index in [9.17, 15) is 0 Å². The molecular weight excluding hydrogens is 426 g/mol. The fourth-order valence-electron chi connectivity index (χ4n) is 4.65. The Balaban J connectivity index is 1.42. The van der Waals surface area contributed by atoms with Crippen molar-refractivity contribution in [2.45, 2.75) is 45.1 Å². The molecule has 0 radical (unpaired) electrons. The molecule has 2 aromatic carbocycles. The van der Waals surface area contributed by atoms with E-state index in [2.05, 4.69) is 83.7 Å². The van der Waals surface area contributed by atoms with Crippen LogP contribution in [0.4, 0.5) is 16.4 Å². The van der Waals surface area contributed by atoms with Crippen LogP contribution in [0.15, 0.2) is 59.6 Å². The number of hydrogen-bond donors (Lipinski definition) is 1. The highest BCUT2D eigenvalue weighted by molar-refractivity contribution is 7.16. The number of aliphatic imine (C=N–C) groups is 1. The number of likely N-dealkylation sites (N-methyl/N-ethyl adjacent to an activating group) is 1. The van der Waals surface area contributed by atoms with Crippen LogP contribution in [0.5, 0.6) is 0 Å². The number of unbranched alkanes of at least 4 members (excludes halogenated alkanes) is 1. The molecule has 3 aromatic rings. The van der Waals surface area contributed by atoms with Crippen LogP contribution in [0.3, 0.4) is 0 Å². The fraction of sp³-hybridized carbons (Fsp3) is 0.407. The number of fused-ring (bicyclic) bond motifs is 2. The van der Waals surface area contributed by atoms with E-state index in [4.69, 9.17) is 9.98 Å². The summed E-state index contributed by atoms with van der Waals surface area (Å²) in [7, 11) is 2.26. The van der Waals surface area contributed by atoms with E-state index in [0.29, 0.717) is 6.04 Å². The topological polar surface area (TPSA) is 43.8 Å². The summed E-state index contributed by atoms with van der Waals surface area (Å²) in [6.45, 7) is 5.22. The van der Waals surface area contributed by atoms with Crippen molar-refractivity contribution in [3.8, 4) is 0 Å². The molecule has 172 valence electrons. The minimum absolute atomic E-state index is 0.495. The summed E-state index contributed by atoms with van der Waals surface area (Å²) in [5.74, 6) is 1.03. The Morgan fingerprint density at radius 1 is 1.03 bits per heavy atom. The zero-order chi connectivity index (χ0) is 22.6. The molecule has 0 amide bonds. The molecule has 1 atom stereocenters. The van der Waals surface area contributed by atoms with E-state index in [1.54, 1.807) is 11.3 Å². The van der Waals surface area contributed by atoms with E-state index < -0.39 is 0 Å². The molecule has 0 spiro atoms. The van der Waals surface area contributed by atoms with Crippen molar-refractivity contribution in [1.82, 2.24) is 14.8 Å². The number of benzene rings is 2. The molecule has 3 heterocycles. The molecule has 1 aromatic heterocycles. The molecule has 1 fully saturated rings. The molecule has 0 unspecified atom stereocenters. The minimum Gasteiger partial charge on any atom is -0.352 e. The molecule has 1 N–H and O–H groups in total. The predicted octanol–water partition coefficient (Wildman–Crippen LogP) is 5.87. The number of rotatable bonds is 6. The first-order chi connectivity index (χ1) is 16.2. The number of anilines is 2. The number of aryl methyl sites for hydroxylation is 2. The van der Waals surface area contributed by atoms with Crippen LogP contribution in [0.2, 0.25) is 0 Å². The van der Waals surface area contributed by atoms with Crippen molar-refractivity contribution in [2.75, 3.05) is 32.0 Å². The van der Waals surface area contributed by atoms with Crippen molar-refractivity contribution in [3.63, 3.8) is 0 Å². The number of nitrogens with one attached hydrogen (secondary N) is 1. The van der Waals surface area contributed by atoms with Crippen LogP contribution >= 0.6 is 11.3 Å². The van der Waals surface area contributed by atoms with Gasteiger partial charge in [-0.05, 0) is 50.4 Å². The van der Waals surface area contributed by atoms with E-state index in [0.717, 1.165) is 66.8 Å². The van der Waals surface area contributed by atoms with Crippen molar-refractivity contribution in [3.05, 3.63) is 70.9 Å². The maximum atomic E-state index is 5.18. The Hall–Kier alpha value is -2.70. The molecule has 1 saturated heterocycles. The van der Waals surface area contributed by atoms with Gasteiger partial charge in [0.2, 0.25) is 0 Å². The summed E-state index contributed by atoms with van der Waals surface area (Å²) in [4.78, 5) is 15.3. The van der Waals surface area contributed by atoms with E-state index in [1.165, 1.54) is 23.4 Å². The number of piperazine rings is 1. The number of aromatic nitrogens is 1. The van der Waals surface area contributed by atoms with Gasteiger partial charge in [-0.2, -0.15) is 0 Å². The highest BCUT2D eigenvalue weighted by Crippen LogP contribution is 2.38. The lowest BCUT2D eigenvalue weighted by Crippen LogP contribution is -2.53. The van der Waals surface area contributed by atoms with Crippen LogP contribution in [-0.2, 0) is 12.8 Å². The molecule has 5 nitrogen and oxygen atoms in total. The quantitative estimate of drug-likeness (QED) is 0.501. The maximum absolute atomic E-state index is 5.18. The van der Waals surface area contributed by atoms with E-state index in [1.807, 2.05) is 0 Å². The lowest BCUT2D eigenvalue weighted by atomic mass is 10.0. The number of amidine groups is 1. The SMILES string of the molecule is CCCCc1nc2c(s1)Nc1ccccc1N=C2N1CCN(C)[C@@H](CCc2ccccc2)C1. The van der Waals surface area contributed by atoms with Gasteiger partial charge in [0, 0.05) is 25.7 Å². The summed E-state index contributed by atoms with van der Waals surface area (Å²) in [5, 5.41) is 5.97. The summed E-state index contributed by atoms with van der Waals surface area (Å²) in [5.41, 5.74) is 4.49. The third kappa shape index (κ3) is 4.97. The highest BCUT2D eigenvalue weighted by atomic mass is 32.1. The van der Waals surface area contributed by atoms with Gasteiger partial charge in [0.25, 0.3) is 0 Å². The molecular formula is C27H33N5S. The van der Waals surface area contributed by atoms with Crippen LogP contribution in [0, 0.1) is 0 Å². The van der Waals surface area contributed by atoms with Crippen molar-refractivity contribution < 1.29 is 0 Å². The second-order valence-electron chi connectivity index (χ2n) is 9.07. The summed E-state index contributed by atoms with van der Waals surface area (Å²) >= 11 is 1.79. The van der Waals surface area contributed by atoms with Gasteiger partial charge in [0.15, 0.2) is 5.84 Å². The van der Waals surface area contributed by atoms with Crippen molar-refractivity contribution in [2.24, 2.45) is 4.99 Å². The molecule has 0 aliphatic carbocycles. The molecule has 0 bridgehead atoms. The molecule has 2 aliphatic heterocycles. The average Bonchev–Trinajstić information content (AvgIpc) is 3.17. The van der Waals surface area contributed by atoms with Crippen LogP contribution in [0.25, 0.3) is 0 Å². The zero-order valence-corrected chi connectivity index (χ0v) is 20.4. The molecule has 2 aliphatic rings. The van der Waals surface area contributed by atoms with E-state index in [-0.39, 0.29) is 0 Å². The normalized spacial score (nSPS) is 18.2. The Morgan fingerprint density at radius 3 is 2.70 bits per heavy atom. The molecule has 33 heavy (non-hydrogen) atoms. The van der Waals surface area contributed by atoms with Crippen LogP contribution in [-0.4, -0.2) is 53.3 Å². The van der Waals surface area contributed by atoms with Gasteiger partial charge in [-0.3, -0.25) is 4.90 Å². The third-order valence-electron chi connectivity index (χ3n) is 6.69. The Kier molecular flexibility index (Phi) is 6.74. The molecule has 0 saturated carbocycles. The fourth-order valence-corrected chi connectivity index (χ4v) is 5.66. The lowest BCUT2D eigenvalue weighted by molar-refractivity contribution is 0.134. The third-order valence-corrected chi connectivity index (χ3v) is 7.72. The summed E-state index contributed by atoms with van der Waals surface area (Å²) in [6.07, 6.45) is 5.64. The number of thiazole rings is 1. The predicted molar refractivity (Wildman–Crippen MR) is 139 cm³/mol. The Bertz CT molecular complexity index is 1110. The second-order valence-corrected chi connectivity index (χ2v) is 10.2. The van der Waals surface area contributed by atoms with Gasteiger partial charge in [-0.25, -0.2) is 9.98 Å². The van der Waals surface area contributed by atoms with Crippen LogP contribution < -0.4 is 5.32 Å². The average molecular weight is 460 g/mol. The zero-order valence-electron chi connectivity index (χ0n) is 19.6. The Labute approximate surface area is 201 Å². The number of para-hydroxylation sites is 2. The van der Waals surface area contributed by atoms with Gasteiger partial charge in [-0.1, -0.05) is 55.8 Å². The minimum atomic E-state index is 0.495. The largest absolute Gasteiger partial charge is 0.352 e. The van der Waals surface area contributed by atoms with Gasteiger partial charge in [-0.15, -0.1) is 11.3 Å². The summed E-state index contributed by atoms with van der Waals surface area (Å²) < 4.78 is 0. The summed E-state index contributed by atoms with van der Waals surface area (Å²) in [6, 6.07) is 19.7. The van der Waals surface area contributed by atoms with Gasteiger partial charge in [0.1, 0.15) is 10.7 Å². The monoisotopic (exact) mass is 459 g/mol. The molecule has 6 heteroatoms. The molecule has 5 rings (SSSR count). The Morgan fingerprint density at radius 2 is 1.85 bits per heavy atom. The maximum Gasteiger partial charge on any atom is 0.158 e. The number of hydrogen-bond acceptors (Lipinski definition) is 6. The second kappa shape index (κ2) is 10.1. The van der Waals surface area contributed by atoms with Crippen LogP contribution in [0.1, 0.15) is 42.5 Å². The van der Waals surface area contributed by atoms with Gasteiger partial charge < -0.3 is 10.2 Å². The first-order valence-electron chi connectivity index (χ1n) is 12.1. The van der Waals surface area contributed by atoms with E-state index >= 15 is 0 Å².